The average molecular weight is 405 g/mol. The van der Waals surface area contributed by atoms with Crippen LogP contribution in [0.15, 0.2) is 52.0 Å². The highest BCUT2D eigenvalue weighted by atomic mass is 32.2. The quantitative estimate of drug-likeness (QED) is 0.693. The Morgan fingerprint density at radius 3 is 2.61 bits per heavy atom. The number of sulfone groups is 1. The minimum atomic E-state index is -4.82. The van der Waals surface area contributed by atoms with Gasteiger partial charge >= 0.3 is 5.76 Å². The van der Waals surface area contributed by atoms with Crippen LogP contribution >= 0.6 is 0 Å². The van der Waals surface area contributed by atoms with Gasteiger partial charge in [0.05, 0.1) is 23.3 Å². The van der Waals surface area contributed by atoms with Gasteiger partial charge in [-0.3, -0.25) is 4.79 Å². The highest BCUT2D eigenvalue weighted by molar-refractivity contribution is 7.91. The van der Waals surface area contributed by atoms with Crippen LogP contribution in [0.1, 0.15) is 23.1 Å². The second-order valence-corrected chi connectivity index (χ2v) is 8.64. The van der Waals surface area contributed by atoms with Crippen molar-refractivity contribution in [3.63, 3.8) is 0 Å². The third kappa shape index (κ3) is 3.28. The molecule has 0 atom stereocenters. The zero-order chi connectivity index (χ0) is 19.9. The van der Waals surface area contributed by atoms with Gasteiger partial charge in [0.25, 0.3) is 0 Å². The lowest BCUT2D eigenvalue weighted by Crippen LogP contribution is -2.19. The molecule has 0 fully saturated rings. The largest absolute Gasteiger partial charge is 0.464 e. The zero-order valence-electron chi connectivity index (χ0n) is 14.7. The Labute approximate surface area is 160 Å². The van der Waals surface area contributed by atoms with E-state index in [0.29, 0.717) is 11.1 Å². The number of benzene rings is 2. The number of alkyl halides is 2. The van der Waals surface area contributed by atoms with Crippen molar-refractivity contribution in [1.82, 2.24) is 0 Å². The predicted molar refractivity (Wildman–Crippen MR) is 100 cm³/mol. The van der Waals surface area contributed by atoms with E-state index in [1.165, 1.54) is 35.6 Å². The lowest BCUT2D eigenvalue weighted by atomic mass is 10.0. The molecule has 0 saturated heterocycles. The van der Waals surface area contributed by atoms with Crippen molar-refractivity contribution in [1.29, 1.82) is 0 Å². The van der Waals surface area contributed by atoms with E-state index in [1.807, 2.05) is 12.1 Å². The Bertz CT molecular complexity index is 1170. The van der Waals surface area contributed by atoms with E-state index in [1.54, 1.807) is 0 Å². The standard InChI is InChI=1S/C20H17F2NO4S/c21-20(22)28(25,26)18-7-2-1-6-16(18)23-19(24)10-14-11-27-17-9-13-5-3-4-12(13)8-15(14)17/h1-2,6-9,11,20H,3-5,10H2,(H,23,24). The molecule has 0 bridgehead atoms. The van der Waals surface area contributed by atoms with Crippen LogP contribution in [0.4, 0.5) is 14.5 Å². The van der Waals surface area contributed by atoms with E-state index < -0.39 is 26.4 Å². The Morgan fingerprint density at radius 1 is 1.14 bits per heavy atom. The smallest absolute Gasteiger partial charge is 0.341 e. The number of nitrogens with one attached hydrogen (secondary N) is 1. The van der Waals surface area contributed by atoms with E-state index in [-0.39, 0.29) is 12.1 Å². The summed E-state index contributed by atoms with van der Waals surface area (Å²) in [6.07, 6.45) is 4.53. The van der Waals surface area contributed by atoms with Gasteiger partial charge in [0.1, 0.15) is 5.58 Å². The Kier molecular flexibility index (Phi) is 4.66. The van der Waals surface area contributed by atoms with Gasteiger partial charge in [-0.25, -0.2) is 8.42 Å². The van der Waals surface area contributed by atoms with Gasteiger partial charge in [0.15, 0.2) is 0 Å². The number of aryl methyl sites for hydroxylation is 2. The van der Waals surface area contributed by atoms with Crippen LogP contribution in [0, 0.1) is 0 Å². The zero-order valence-corrected chi connectivity index (χ0v) is 15.6. The van der Waals surface area contributed by atoms with Gasteiger partial charge in [0, 0.05) is 10.9 Å². The molecular weight excluding hydrogens is 388 g/mol. The van der Waals surface area contributed by atoms with Gasteiger partial charge in [0.2, 0.25) is 15.7 Å². The molecule has 0 saturated carbocycles. The Balaban J connectivity index is 1.59. The summed E-state index contributed by atoms with van der Waals surface area (Å²) in [5.41, 5.74) is 3.69. The minimum absolute atomic E-state index is 0.0607. The molecule has 1 heterocycles. The topological polar surface area (TPSA) is 76.4 Å². The summed E-state index contributed by atoms with van der Waals surface area (Å²) in [5, 5.41) is 3.27. The van der Waals surface area contributed by atoms with E-state index >= 15 is 0 Å². The highest BCUT2D eigenvalue weighted by Crippen LogP contribution is 2.31. The van der Waals surface area contributed by atoms with E-state index in [4.69, 9.17) is 4.42 Å². The summed E-state index contributed by atoms with van der Waals surface area (Å²) >= 11 is 0. The molecule has 5 nitrogen and oxygen atoms in total. The molecule has 2 aromatic carbocycles. The predicted octanol–water partition coefficient (Wildman–Crippen LogP) is 4.10. The van der Waals surface area contributed by atoms with Crippen LogP contribution in [0.3, 0.4) is 0 Å². The highest BCUT2D eigenvalue weighted by Gasteiger charge is 2.29. The first-order valence-electron chi connectivity index (χ1n) is 8.79. The first kappa shape index (κ1) is 18.6. The van der Waals surface area contributed by atoms with Crippen molar-refractivity contribution in [2.75, 3.05) is 5.32 Å². The van der Waals surface area contributed by atoms with Gasteiger partial charge in [-0.2, -0.15) is 8.78 Å². The summed E-state index contributed by atoms with van der Waals surface area (Å²) in [6, 6.07) is 9.15. The molecule has 8 heteroatoms. The number of para-hydroxylation sites is 1. The number of amides is 1. The number of halogens is 2. The monoisotopic (exact) mass is 405 g/mol. The van der Waals surface area contributed by atoms with E-state index in [2.05, 4.69) is 5.32 Å². The van der Waals surface area contributed by atoms with Crippen LogP contribution in [0.5, 0.6) is 0 Å². The molecule has 28 heavy (non-hydrogen) atoms. The molecule has 1 N–H and O–H groups in total. The lowest BCUT2D eigenvalue weighted by Gasteiger charge is -2.11. The summed E-state index contributed by atoms with van der Waals surface area (Å²) in [4.78, 5) is 11.9. The number of rotatable bonds is 5. The molecule has 0 unspecified atom stereocenters. The number of carbonyl (C=O) groups excluding carboxylic acids is 1. The van der Waals surface area contributed by atoms with Gasteiger partial charge in [-0.1, -0.05) is 12.1 Å². The van der Waals surface area contributed by atoms with Crippen molar-refractivity contribution in [2.24, 2.45) is 0 Å². The van der Waals surface area contributed by atoms with Crippen molar-refractivity contribution in [3.8, 4) is 0 Å². The molecule has 146 valence electrons. The van der Waals surface area contributed by atoms with Crippen molar-refractivity contribution in [2.45, 2.75) is 36.3 Å². The Morgan fingerprint density at radius 2 is 1.86 bits per heavy atom. The van der Waals surface area contributed by atoms with Gasteiger partial charge in [-0.05, 0) is 54.7 Å². The van der Waals surface area contributed by atoms with Crippen molar-refractivity contribution < 1.29 is 26.4 Å². The molecule has 1 aliphatic rings. The maximum atomic E-state index is 12.9. The lowest BCUT2D eigenvalue weighted by molar-refractivity contribution is -0.115. The molecule has 0 radical (unpaired) electrons. The number of hydrogen-bond donors (Lipinski definition) is 1. The minimum Gasteiger partial charge on any atom is -0.464 e. The SMILES string of the molecule is O=C(Cc1coc2cc3c(cc12)CCC3)Nc1ccccc1S(=O)(=O)C(F)F. The fourth-order valence-electron chi connectivity index (χ4n) is 3.57. The van der Waals surface area contributed by atoms with Crippen LogP contribution in [-0.4, -0.2) is 20.1 Å². The second-order valence-electron chi connectivity index (χ2n) is 6.76. The molecule has 0 aliphatic heterocycles. The van der Waals surface area contributed by atoms with E-state index in [0.717, 1.165) is 30.7 Å². The summed E-state index contributed by atoms with van der Waals surface area (Å²) in [5.74, 6) is -4.08. The van der Waals surface area contributed by atoms with Crippen LogP contribution in [-0.2, 0) is 33.9 Å². The third-order valence-corrected chi connectivity index (χ3v) is 6.36. The number of carbonyl (C=O) groups is 1. The first-order valence-corrected chi connectivity index (χ1v) is 10.3. The molecule has 3 aromatic rings. The second kappa shape index (κ2) is 7.01. The number of hydrogen-bond acceptors (Lipinski definition) is 4. The van der Waals surface area contributed by atoms with Crippen LogP contribution in [0.2, 0.25) is 0 Å². The maximum Gasteiger partial charge on any atom is 0.341 e. The fraction of sp³-hybridized carbons (Fsp3) is 0.250. The number of furan rings is 1. The van der Waals surface area contributed by atoms with Crippen molar-refractivity contribution >= 4 is 32.4 Å². The first-order chi connectivity index (χ1) is 13.4. The summed E-state index contributed by atoms with van der Waals surface area (Å²) < 4.78 is 55.0. The molecule has 1 amide bonds. The molecule has 4 rings (SSSR count). The summed E-state index contributed by atoms with van der Waals surface area (Å²) in [6.45, 7) is 0. The number of fused-ring (bicyclic) bond motifs is 2. The van der Waals surface area contributed by atoms with Gasteiger partial charge in [-0.15, -0.1) is 0 Å². The molecular formula is C20H17F2NO4S. The molecule has 1 aliphatic carbocycles. The third-order valence-electron chi connectivity index (χ3n) is 4.92. The Hall–Kier alpha value is -2.74. The maximum absolute atomic E-state index is 12.9. The van der Waals surface area contributed by atoms with Crippen LogP contribution < -0.4 is 5.32 Å². The van der Waals surface area contributed by atoms with Crippen molar-refractivity contribution in [3.05, 3.63) is 59.4 Å². The van der Waals surface area contributed by atoms with Crippen LogP contribution in [0.25, 0.3) is 11.0 Å². The molecule has 1 aromatic heterocycles. The normalized spacial score (nSPS) is 13.8. The van der Waals surface area contributed by atoms with Gasteiger partial charge < -0.3 is 9.73 Å². The summed E-state index contributed by atoms with van der Waals surface area (Å²) in [7, 11) is -4.82. The fourth-order valence-corrected chi connectivity index (χ4v) is 4.45. The average Bonchev–Trinajstić information content (AvgIpc) is 3.26. The van der Waals surface area contributed by atoms with E-state index in [9.17, 15) is 22.0 Å². The number of anilines is 1. The molecule has 0 spiro atoms.